The van der Waals surface area contributed by atoms with Gasteiger partial charge in [-0.1, -0.05) is 36.4 Å². The third-order valence-electron chi connectivity index (χ3n) is 7.25. The van der Waals surface area contributed by atoms with Crippen molar-refractivity contribution in [2.75, 3.05) is 26.2 Å². The fourth-order valence-electron chi connectivity index (χ4n) is 5.44. The lowest BCUT2D eigenvalue weighted by atomic mass is 9.85. The Morgan fingerprint density at radius 3 is 2.73 bits per heavy atom. The first kappa shape index (κ1) is 19.4. The second kappa shape index (κ2) is 8.31. The van der Waals surface area contributed by atoms with Gasteiger partial charge in [0.15, 0.2) is 0 Å². The van der Waals surface area contributed by atoms with Gasteiger partial charge in [0.25, 0.3) is 5.91 Å². The molecule has 1 amide bonds. The lowest BCUT2D eigenvalue weighted by Gasteiger charge is -2.22. The molecule has 0 radical (unpaired) electrons. The van der Waals surface area contributed by atoms with Crippen LogP contribution >= 0.6 is 0 Å². The summed E-state index contributed by atoms with van der Waals surface area (Å²) in [6.07, 6.45) is 13.2. The number of carbonyl (C=O) groups excluding carboxylic acids is 1. The SMILES string of the molecule is CC1CCCN1CCc1ccc(C2C=CC3CN(C(=O)c4cnccn4)CC32)cc1. The van der Waals surface area contributed by atoms with E-state index in [0.717, 1.165) is 32.1 Å². The summed E-state index contributed by atoms with van der Waals surface area (Å²) in [5.74, 6) is 1.28. The predicted octanol–water partition coefficient (Wildman–Crippen LogP) is 3.55. The van der Waals surface area contributed by atoms with E-state index in [-0.39, 0.29) is 5.91 Å². The molecule has 2 aromatic rings. The number of carbonyl (C=O) groups is 1. The van der Waals surface area contributed by atoms with Crippen LogP contribution in [0.3, 0.4) is 0 Å². The molecule has 3 aliphatic rings. The molecule has 2 saturated heterocycles. The van der Waals surface area contributed by atoms with Gasteiger partial charge < -0.3 is 9.80 Å². The van der Waals surface area contributed by atoms with E-state index in [1.54, 1.807) is 18.6 Å². The van der Waals surface area contributed by atoms with Gasteiger partial charge in [-0.15, -0.1) is 0 Å². The molecule has 0 N–H and O–H groups in total. The summed E-state index contributed by atoms with van der Waals surface area (Å²) in [6.45, 7) is 6.32. The van der Waals surface area contributed by atoms with Crippen molar-refractivity contribution in [2.24, 2.45) is 11.8 Å². The van der Waals surface area contributed by atoms with Crippen molar-refractivity contribution in [1.29, 1.82) is 0 Å². The standard InChI is InChI=1S/C25H30N4O/c1-18-3-2-13-28(18)14-10-19-4-6-20(7-5-19)22-9-8-21-16-29(17-23(21)22)25(30)24-15-26-11-12-27-24/h4-9,11-12,15,18,21-23H,2-3,10,13-14,16-17H2,1H3. The van der Waals surface area contributed by atoms with Gasteiger partial charge in [0.2, 0.25) is 0 Å². The first-order valence-corrected chi connectivity index (χ1v) is 11.3. The van der Waals surface area contributed by atoms with Gasteiger partial charge >= 0.3 is 0 Å². The van der Waals surface area contributed by atoms with Gasteiger partial charge in [0, 0.05) is 44.0 Å². The Labute approximate surface area is 178 Å². The van der Waals surface area contributed by atoms with Crippen molar-refractivity contribution in [3.8, 4) is 0 Å². The largest absolute Gasteiger partial charge is 0.336 e. The van der Waals surface area contributed by atoms with Gasteiger partial charge in [-0.3, -0.25) is 9.78 Å². The predicted molar refractivity (Wildman–Crippen MR) is 117 cm³/mol. The average Bonchev–Trinajstić information content (AvgIpc) is 3.49. The van der Waals surface area contributed by atoms with Crippen molar-refractivity contribution < 1.29 is 4.79 Å². The van der Waals surface area contributed by atoms with Crippen molar-refractivity contribution in [2.45, 2.75) is 38.1 Å². The van der Waals surface area contributed by atoms with E-state index in [1.165, 1.54) is 30.5 Å². The minimum absolute atomic E-state index is 0.00358. The van der Waals surface area contributed by atoms with Gasteiger partial charge in [-0.05, 0) is 55.7 Å². The van der Waals surface area contributed by atoms with Crippen LogP contribution in [-0.2, 0) is 6.42 Å². The average molecular weight is 403 g/mol. The molecule has 5 rings (SSSR count). The lowest BCUT2D eigenvalue weighted by Crippen LogP contribution is -2.30. The lowest BCUT2D eigenvalue weighted by molar-refractivity contribution is 0.0777. The molecule has 5 nitrogen and oxygen atoms in total. The van der Waals surface area contributed by atoms with Gasteiger partial charge in [0.1, 0.15) is 5.69 Å². The Morgan fingerprint density at radius 1 is 1.13 bits per heavy atom. The number of hydrogen-bond donors (Lipinski definition) is 0. The molecule has 30 heavy (non-hydrogen) atoms. The summed E-state index contributed by atoms with van der Waals surface area (Å²) < 4.78 is 0. The number of rotatable bonds is 5. The maximum absolute atomic E-state index is 12.8. The van der Waals surface area contributed by atoms with E-state index in [4.69, 9.17) is 0 Å². The Kier molecular flexibility index (Phi) is 5.38. The number of likely N-dealkylation sites (tertiary alicyclic amines) is 2. The number of hydrogen-bond acceptors (Lipinski definition) is 4. The van der Waals surface area contributed by atoms with Crippen LogP contribution in [0.25, 0.3) is 0 Å². The van der Waals surface area contributed by atoms with E-state index >= 15 is 0 Å². The summed E-state index contributed by atoms with van der Waals surface area (Å²) in [6, 6.07) is 9.93. The van der Waals surface area contributed by atoms with E-state index in [2.05, 4.69) is 58.2 Å². The van der Waals surface area contributed by atoms with Crippen LogP contribution in [0.15, 0.2) is 55.0 Å². The number of aromatic nitrogens is 2. The quantitative estimate of drug-likeness (QED) is 0.718. The second-order valence-electron chi connectivity index (χ2n) is 9.06. The monoisotopic (exact) mass is 402 g/mol. The fraction of sp³-hybridized carbons (Fsp3) is 0.480. The second-order valence-corrected chi connectivity index (χ2v) is 9.06. The smallest absolute Gasteiger partial charge is 0.274 e. The first-order valence-electron chi connectivity index (χ1n) is 11.3. The number of nitrogens with zero attached hydrogens (tertiary/aromatic N) is 4. The third-order valence-corrected chi connectivity index (χ3v) is 7.25. The zero-order valence-electron chi connectivity index (χ0n) is 17.7. The maximum atomic E-state index is 12.8. The van der Waals surface area contributed by atoms with Gasteiger partial charge in [-0.2, -0.15) is 0 Å². The van der Waals surface area contributed by atoms with Crippen LogP contribution in [0.2, 0.25) is 0 Å². The minimum atomic E-state index is -0.00358. The zero-order chi connectivity index (χ0) is 20.5. The van der Waals surface area contributed by atoms with Crippen molar-refractivity contribution in [3.63, 3.8) is 0 Å². The first-order chi connectivity index (χ1) is 14.7. The molecule has 2 fully saturated rings. The molecule has 0 spiro atoms. The molecule has 4 unspecified atom stereocenters. The van der Waals surface area contributed by atoms with Crippen LogP contribution in [-0.4, -0.2) is 57.9 Å². The topological polar surface area (TPSA) is 49.3 Å². The fourth-order valence-corrected chi connectivity index (χ4v) is 5.44. The number of amides is 1. The van der Waals surface area contributed by atoms with Crippen LogP contribution in [0.5, 0.6) is 0 Å². The van der Waals surface area contributed by atoms with Crippen molar-refractivity contribution in [1.82, 2.24) is 19.8 Å². The van der Waals surface area contributed by atoms with E-state index in [0.29, 0.717) is 23.4 Å². The molecule has 3 heterocycles. The van der Waals surface area contributed by atoms with Gasteiger partial charge in [0.05, 0.1) is 6.20 Å². The molecular formula is C25H30N4O. The molecule has 0 saturated carbocycles. The van der Waals surface area contributed by atoms with Crippen molar-refractivity contribution >= 4 is 5.91 Å². The Bertz CT molecular complexity index is 911. The van der Waals surface area contributed by atoms with Crippen LogP contribution in [0.1, 0.15) is 47.3 Å². The number of allylic oxidation sites excluding steroid dienone is 1. The molecule has 5 heteroatoms. The molecule has 4 atom stereocenters. The molecule has 1 aromatic heterocycles. The van der Waals surface area contributed by atoms with Crippen LogP contribution < -0.4 is 0 Å². The van der Waals surface area contributed by atoms with Crippen LogP contribution in [0, 0.1) is 11.8 Å². The highest BCUT2D eigenvalue weighted by Gasteiger charge is 2.41. The van der Waals surface area contributed by atoms with E-state index in [9.17, 15) is 4.79 Å². The summed E-state index contributed by atoms with van der Waals surface area (Å²) in [5, 5.41) is 0. The Hall–Kier alpha value is -2.53. The Morgan fingerprint density at radius 2 is 2.00 bits per heavy atom. The maximum Gasteiger partial charge on any atom is 0.274 e. The normalized spacial score (nSPS) is 28.2. The summed E-state index contributed by atoms with van der Waals surface area (Å²) in [4.78, 5) is 25.5. The highest BCUT2D eigenvalue weighted by atomic mass is 16.2. The Balaban J connectivity index is 1.21. The van der Waals surface area contributed by atoms with E-state index < -0.39 is 0 Å². The molecule has 1 aromatic carbocycles. The minimum Gasteiger partial charge on any atom is -0.336 e. The molecule has 0 bridgehead atoms. The summed E-state index contributed by atoms with van der Waals surface area (Å²) in [7, 11) is 0. The highest BCUT2D eigenvalue weighted by Crippen LogP contribution is 2.43. The third kappa shape index (κ3) is 3.79. The molecular weight excluding hydrogens is 372 g/mol. The van der Waals surface area contributed by atoms with Crippen molar-refractivity contribution in [3.05, 3.63) is 71.8 Å². The molecule has 156 valence electrons. The number of fused-ring (bicyclic) bond motifs is 1. The zero-order valence-corrected chi connectivity index (χ0v) is 17.7. The van der Waals surface area contributed by atoms with Crippen LogP contribution in [0.4, 0.5) is 0 Å². The highest BCUT2D eigenvalue weighted by molar-refractivity contribution is 5.92. The van der Waals surface area contributed by atoms with Gasteiger partial charge in [-0.25, -0.2) is 4.98 Å². The molecule has 2 aliphatic heterocycles. The summed E-state index contributed by atoms with van der Waals surface area (Å²) >= 11 is 0. The summed E-state index contributed by atoms with van der Waals surface area (Å²) in [5.41, 5.74) is 3.22. The number of benzene rings is 1. The van der Waals surface area contributed by atoms with E-state index in [1.807, 2.05) is 4.90 Å². The molecule has 1 aliphatic carbocycles.